The molecule has 0 saturated heterocycles. The second-order valence-corrected chi connectivity index (χ2v) is 8.50. The minimum Gasteiger partial charge on any atom is -0.508 e. The maximum Gasteiger partial charge on any atom is 0.209 e. The van der Waals surface area contributed by atoms with E-state index in [4.69, 9.17) is 0 Å². The molecule has 0 aliphatic rings. The Labute approximate surface area is 135 Å². The molecule has 120 valence electrons. The van der Waals surface area contributed by atoms with Gasteiger partial charge in [0.2, 0.25) is 9.84 Å². The van der Waals surface area contributed by atoms with Crippen LogP contribution in [0.5, 0.6) is 5.75 Å². The van der Waals surface area contributed by atoms with Crippen LogP contribution in [0.4, 0.5) is 0 Å². The van der Waals surface area contributed by atoms with Gasteiger partial charge in [-0.05, 0) is 47.4 Å². The number of aromatic hydroxyl groups is 1. The van der Waals surface area contributed by atoms with Crippen LogP contribution in [0.15, 0.2) is 64.6 Å². The highest BCUT2D eigenvalue weighted by Gasteiger charge is 2.31. The van der Waals surface area contributed by atoms with Crippen LogP contribution in [0.25, 0.3) is 5.52 Å². The van der Waals surface area contributed by atoms with Crippen molar-refractivity contribution in [2.24, 2.45) is 0 Å². The number of benzene rings is 1. The molecule has 0 spiro atoms. The van der Waals surface area contributed by atoms with E-state index >= 15 is 0 Å². The van der Waals surface area contributed by atoms with E-state index < -0.39 is 9.84 Å². The van der Waals surface area contributed by atoms with Crippen LogP contribution < -0.4 is 0 Å². The Bertz CT molecular complexity index is 962. The molecule has 5 heteroatoms. The maximum absolute atomic E-state index is 13.2. The molecular weight excluding hydrogens is 310 g/mol. The number of pyridine rings is 1. The van der Waals surface area contributed by atoms with E-state index in [2.05, 4.69) is 0 Å². The first-order chi connectivity index (χ1) is 10.7. The molecule has 4 nitrogen and oxygen atoms in total. The van der Waals surface area contributed by atoms with E-state index in [1.54, 1.807) is 0 Å². The summed E-state index contributed by atoms with van der Waals surface area (Å²) in [7, 11) is -3.68. The Hall–Kier alpha value is -2.27. The minimum atomic E-state index is -3.68. The standard InChI is InChI=1S/C18H19NO3S/c1-18(2,3)15-12-19-11-5-4-6-16(19)17(15)23(21,22)14-9-7-13(20)8-10-14/h4-12,20H,1-3H3. The minimum absolute atomic E-state index is 0.0433. The summed E-state index contributed by atoms with van der Waals surface area (Å²) in [6, 6.07) is 11.2. The van der Waals surface area contributed by atoms with E-state index in [0.717, 1.165) is 5.56 Å². The summed E-state index contributed by atoms with van der Waals surface area (Å²) in [4.78, 5) is 0.508. The van der Waals surface area contributed by atoms with Gasteiger partial charge in [0.15, 0.2) is 0 Å². The van der Waals surface area contributed by atoms with Gasteiger partial charge in [-0.15, -0.1) is 0 Å². The second kappa shape index (κ2) is 5.13. The molecule has 0 saturated carbocycles. The summed E-state index contributed by atoms with van der Waals surface area (Å²) >= 11 is 0. The van der Waals surface area contributed by atoms with Crippen molar-refractivity contribution in [2.45, 2.75) is 36.0 Å². The molecule has 0 atom stereocenters. The lowest BCUT2D eigenvalue weighted by Gasteiger charge is -2.19. The van der Waals surface area contributed by atoms with Crippen molar-refractivity contribution < 1.29 is 13.5 Å². The smallest absolute Gasteiger partial charge is 0.209 e. The van der Waals surface area contributed by atoms with Crippen molar-refractivity contribution in [3.63, 3.8) is 0 Å². The molecule has 3 aromatic rings. The van der Waals surface area contributed by atoms with E-state index in [0.29, 0.717) is 10.4 Å². The Balaban J connectivity index is 2.36. The topological polar surface area (TPSA) is 58.8 Å². The summed E-state index contributed by atoms with van der Waals surface area (Å²) < 4.78 is 28.2. The zero-order chi connectivity index (χ0) is 16.8. The van der Waals surface area contributed by atoms with Crippen LogP contribution in [0.3, 0.4) is 0 Å². The summed E-state index contributed by atoms with van der Waals surface area (Å²) in [5.74, 6) is 0.0433. The molecule has 0 radical (unpaired) electrons. The fourth-order valence-corrected chi connectivity index (χ4v) is 4.48. The number of nitrogens with zero attached hydrogens (tertiary/aromatic N) is 1. The Kier molecular flexibility index (Phi) is 3.48. The number of phenols is 1. The number of hydrogen-bond acceptors (Lipinski definition) is 3. The van der Waals surface area contributed by atoms with Gasteiger partial charge >= 0.3 is 0 Å². The van der Waals surface area contributed by atoms with E-state index in [1.165, 1.54) is 24.3 Å². The summed E-state index contributed by atoms with van der Waals surface area (Å²) in [5, 5.41) is 9.41. The van der Waals surface area contributed by atoms with E-state index in [-0.39, 0.29) is 16.1 Å². The van der Waals surface area contributed by atoms with Gasteiger partial charge < -0.3 is 9.51 Å². The largest absolute Gasteiger partial charge is 0.508 e. The third kappa shape index (κ3) is 2.61. The van der Waals surface area contributed by atoms with E-state index in [1.807, 2.05) is 55.8 Å². The molecule has 0 fully saturated rings. The van der Waals surface area contributed by atoms with Crippen LogP contribution >= 0.6 is 0 Å². The molecule has 1 N–H and O–H groups in total. The van der Waals surface area contributed by atoms with Crippen LogP contribution in [0, 0.1) is 0 Å². The third-order valence-electron chi connectivity index (χ3n) is 3.86. The lowest BCUT2D eigenvalue weighted by Crippen LogP contribution is -2.15. The van der Waals surface area contributed by atoms with Crippen molar-refractivity contribution >= 4 is 15.4 Å². The molecule has 0 unspecified atom stereocenters. The van der Waals surface area contributed by atoms with Gasteiger partial charge in [0.1, 0.15) is 10.6 Å². The number of fused-ring (bicyclic) bond motifs is 1. The first-order valence-corrected chi connectivity index (χ1v) is 8.84. The summed E-state index contributed by atoms with van der Waals surface area (Å²) in [6.45, 7) is 5.99. The zero-order valence-corrected chi connectivity index (χ0v) is 14.1. The predicted molar refractivity (Wildman–Crippen MR) is 89.7 cm³/mol. The Morgan fingerprint density at radius 1 is 1.00 bits per heavy atom. The number of aromatic nitrogens is 1. The Morgan fingerprint density at radius 3 is 2.26 bits per heavy atom. The van der Waals surface area contributed by atoms with Crippen LogP contribution in [0.2, 0.25) is 0 Å². The van der Waals surface area contributed by atoms with Crippen molar-refractivity contribution in [1.29, 1.82) is 0 Å². The molecule has 0 amide bonds. The highest BCUT2D eigenvalue weighted by molar-refractivity contribution is 7.91. The first kappa shape index (κ1) is 15.6. The molecule has 1 aromatic carbocycles. The van der Waals surface area contributed by atoms with Crippen molar-refractivity contribution in [1.82, 2.24) is 4.40 Å². The SMILES string of the molecule is CC(C)(C)c1cn2ccccc2c1S(=O)(=O)c1ccc(O)cc1. The molecule has 0 bridgehead atoms. The number of phenolic OH excluding ortho intramolecular Hbond substituents is 1. The lowest BCUT2D eigenvalue weighted by molar-refractivity contribution is 0.474. The van der Waals surface area contributed by atoms with Crippen LogP contribution in [-0.2, 0) is 15.3 Å². The average Bonchev–Trinajstić information content (AvgIpc) is 2.88. The zero-order valence-electron chi connectivity index (χ0n) is 13.3. The number of rotatable bonds is 2. The molecule has 0 aliphatic heterocycles. The second-order valence-electron chi connectivity index (χ2n) is 6.61. The molecule has 2 heterocycles. The number of sulfone groups is 1. The maximum atomic E-state index is 13.2. The van der Waals surface area contributed by atoms with Gasteiger partial charge in [0.05, 0.1) is 10.4 Å². The van der Waals surface area contributed by atoms with Gasteiger partial charge in [0.25, 0.3) is 0 Å². The monoisotopic (exact) mass is 329 g/mol. The van der Waals surface area contributed by atoms with Crippen molar-refractivity contribution in [2.75, 3.05) is 0 Å². The van der Waals surface area contributed by atoms with Gasteiger partial charge in [-0.3, -0.25) is 0 Å². The first-order valence-electron chi connectivity index (χ1n) is 7.35. The third-order valence-corrected chi connectivity index (χ3v) is 5.72. The highest BCUT2D eigenvalue weighted by Crippen LogP contribution is 2.36. The van der Waals surface area contributed by atoms with Gasteiger partial charge in [0, 0.05) is 12.4 Å². The molecule has 3 rings (SSSR count). The fourth-order valence-electron chi connectivity index (χ4n) is 2.66. The van der Waals surface area contributed by atoms with Crippen molar-refractivity contribution in [3.05, 3.63) is 60.4 Å². The number of hydrogen-bond donors (Lipinski definition) is 1. The lowest BCUT2D eigenvalue weighted by atomic mass is 9.89. The van der Waals surface area contributed by atoms with Crippen LogP contribution in [-0.4, -0.2) is 17.9 Å². The molecule has 0 aliphatic carbocycles. The normalized spacial score (nSPS) is 12.7. The van der Waals surface area contributed by atoms with E-state index in [9.17, 15) is 13.5 Å². The Morgan fingerprint density at radius 2 is 1.65 bits per heavy atom. The average molecular weight is 329 g/mol. The predicted octanol–water partition coefficient (Wildman–Crippen LogP) is 3.78. The van der Waals surface area contributed by atoms with Crippen LogP contribution in [0.1, 0.15) is 26.3 Å². The van der Waals surface area contributed by atoms with Gasteiger partial charge in [-0.25, -0.2) is 8.42 Å². The highest BCUT2D eigenvalue weighted by atomic mass is 32.2. The van der Waals surface area contributed by atoms with Crippen molar-refractivity contribution in [3.8, 4) is 5.75 Å². The van der Waals surface area contributed by atoms with Gasteiger partial charge in [-0.1, -0.05) is 26.8 Å². The quantitative estimate of drug-likeness (QED) is 0.778. The summed E-state index contributed by atoms with van der Waals surface area (Å²) in [5.41, 5.74) is 1.12. The molecule has 2 aromatic heterocycles. The molecule has 23 heavy (non-hydrogen) atoms. The summed E-state index contributed by atoms with van der Waals surface area (Å²) in [6.07, 6.45) is 3.73. The van der Waals surface area contributed by atoms with Gasteiger partial charge in [-0.2, -0.15) is 0 Å². The molecular formula is C18H19NO3S. The fraction of sp³-hybridized carbons (Fsp3) is 0.222.